The number of carbonyl (C=O) groups is 1. The van der Waals surface area contributed by atoms with Crippen molar-refractivity contribution in [3.63, 3.8) is 0 Å². The fourth-order valence-electron chi connectivity index (χ4n) is 2.93. The second-order valence-corrected chi connectivity index (χ2v) is 6.94. The van der Waals surface area contributed by atoms with Crippen LogP contribution in [0.5, 0.6) is 0 Å². The number of halogens is 2. The molecule has 2 aromatic rings. The minimum atomic E-state index is -0.580. The number of benzene rings is 1. The van der Waals surface area contributed by atoms with Crippen LogP contribution in [0.2, 0.25) is 10.0 Å². The Morgan fingerprint density at radius 2 is 2.12 bits per heavy atom. The van der Waals surface area contributed by atoms with Gasteiger partial charge in [-0.25, -0.2) is 4.68 Å². The van der Waals surface area contributed by atoms with Crippen LogP contribution in [0.1, 0.15) is 30.3 Å². The number of nitro benzene ring substituents is 1. The maximum Gasteiger partial charge on any atom is 0.272 e. The molecule has 0 bridgehead atoms. The number of hydrogen-bond donors (Lipinski definition) is 2. The molecular weight excluding hydrogens is 381 g/mol. The third-order valence-electron chi connectivity index (χ3n) is 4.34. The number of nitro groups is 1. The number of carbonyl (C=O) groups excluding carboxylic acids is 1. The van der Waals surface area contributed by atoms with Crippen LogP contribution in [0.4, 0.5) is 5.69 Å². The van der Waals surface area contributed by atoms with Gasteiger partial charge in [0.05, 0.1) is 15.0 Å². The Labute approximate surface area is 159 Å². The van der Waals surface area contributed by atoms with Crippen LogP contribution in [0.25, 0.3) is 5.69 Å². The van der Waals surface area contributed by atoms with Crippen molar-refractivity contribution in [3.8, 4) is 5.69 Å². The number of hydrogen-bond acceptors (Lipinski definition) is 5. The molecule has 2 atom stereocenters. The third-order valence-corrected chi connectivity index (χ3v) is 4.92. The normalized spacial score (nSPS) is 20.0. The van der Waals surface area contributed by atoms with Gasteiger partial charge in [0.15, 0.2) is 5.69 Å². The summed E-state index contributed by atoms with van der Waals surface area (Å²) in [5, 5.41) is 21.5. The summed E-state index contributed by atoms with van der Waals surface area (Å²) in [7, 11) is 0. The number of non-ortho nitro benzene ring substituents is 1. The molecule has 1 saturated heterocycles. The van der Waals surface area contributed by atoms with E-state index in [-0.39, 0.29) is 45.1 Å². The van der Waals surface area contributed by atoms with Crippen LogP contribution in [-0.2, 0) is 0 Å². The zero-order valence-corrected chi connectivity index (χ0v) is 15.4. The van der Waals surface area contributed by atoms with Crippen molar-refractivity contribution in [2.45, 2.75) is 31.8 Å². The van der Waals surface area contributed by atoms with Crippen LogP contribution in [-0.4, -0.2) is 39.2 Å². The summed E-state index contributed by atoms with van der Waals surface area (Å²) in [6.45, 7) is 2.97. The average molecular weight is 398 g/mol. The van der Waals surface area contributed by atoms with Crippen molar-refractivity contribution < 1.29 is 9.72 Å². The minimum Gasteiger partial charge on any atom is -0.346 e. The van der Waals surface area contributed by atoms with E-state index in [1.807, 2.05) is 6.92 Å². The number of piperidine rings is 1. The second-order valence-electron chi connectivity index (χ2n) is 6.13. The van der Waals surface area contributed by atoms with Crippen LogP contribution in [0, 0.1) is 10.1 Å². The Balaban J connectivity index is 1.81. The van der Waals surface area contributed by atoms with E-state index in [9.17, 15) is 14.9 Å². The SMILES string of the molecule is CC1NCCCC1NC(=O)c1ccn(-c2c(Cl)cc([N+](=O)[O-])cc2Cl)n1. The number of aromatic nitrogens is 2. The first-order valence-corrected chi connectivity index (χ1v) is 8.86. The Bertz CT molecular complexity index is 831. The lowest BCUT2D eigenvalue weighted by Gasteiger charge is -2.30. The van der Waals surface area contributed by atoms with Gasteiger partial charge in [-0.05, 0) is 32.4 Å². The zero-order valence-electron chi connectivity index (χ0n) is 13.9. The van der Waals surface area contributed by atoms with Gasteiger partial charge in [0.1, 0.15) is 5.69 Å². The fourth-order valence-corrected chi connectivity index (χ4v) is 3.58. The van der Waals surface area contributed by atoms with Crippen LogP contribution in [0.15, 0.2) is 24.4 Å². The molecule has 3 rings (SSSR count). The molecule has 0 spiro atoms. The van der Waals surface area contributed by atoms with Crippen molar-refractivity contribution in [1.82, 2.24) is 20.4 Å². The predicted octanol–water partition coefficient (Wildman–Crippen LogP) is 2.96. The molecule has 10 heteroatoms. The van der Waals surface area contributed by atoms with E-state index < -0.39 is 4.92 Å². The molecule has 1 aliphatic rings. The molecule has 8 nitrogen and oxygen atoms in total. The van der Waals surface area contributed by atoms with E-state index in [4.69, 9.17) is 23.2 Å². The Morgan fingerprint density at radius 1 is 1.42 bits per heavy atom. The lowest BCUT2D eigenvalue weighted by Crippen LogP contribution is -2.52. The van der Waals surface area contributed by atoms with Crippen molar-refractivity contribution >= 4 is 34.8 Å². The standard InChI is InChI=1S/C16H17Cl2N5O3/c1-9-13(3-2-5-19-9)20-16(24)14-4-6-22(21-14)15-11(17)7-10(23(25)26)8-12(15)18/h4,6-9,13,19H,2-3,5H2,1H3,(H,20,24). The lowest BCUT2D eigenvalue weighted by atomic mass is 10.00. The molecule has 0 saturated carbocycles. The van der Waals surface area contributed by atoms with Crippen molar-refractivity contribution in [1.29, 1.82) is 0 Å². The Kier molecular flexibility index (Phi) is 5.45. The Morgan fingerprint density at radius 3 is 2.73 bits per heavy atom. The molecule has 1 fully saturated rings. The molecule has 138 valence electrons. The summed E-state index contributed by atoms with van der Waals surface area (Å²) >= 11 is 12.2. The highest BCUT2D eigenvalue weighted by atomic mass is 35.5. The van der Waals surface area contributed by atoms with Gasteiger partial charge in [-0.2, -0.15) is 5.10 Å². The average Bonchev–Trinajstić information content (AvgIpc) is 3.06. The van der Waals surface area contributed by atoms with E-state index in [1.165, 1.54) is 23.0 Å². The smallest absolute Gasteiger partial charge is 0.272 e. The van der Waals surface area contributed by atoms with Crippen LogP contribution < -0.4 is 10.6 Å². The summed E-state index contributed by atoms with van der Waals surface area (Å²) in [6.07, 6.45) is 3.44. The van der Waals surface area contributed by atoms with Crippen molar-refractivity contribution in [2.24, 2.45) is 0 Å². The zero-order chi connectivity index (χ0) is 18.8. The van der Waals surface area contributed by atoms with Gasteiger partial charge in [-0.15, -0.1) is 0 Å². The lowest BCUT2D eigenvalue weighted by molar-refractivity contribution is -0.384. The highest BCUT2D eigenvalue weighted by Gasteiger charge is 2.24. The van der Waals surface area contributed by atoms with Gasteiger partial charge in [-0.1, -0.05) is 23.2 Å². The monoisotopic (exact) mass is 397 g/mol. The van der Waals surface area contributed by atoms with E-state index in [1.54, 1.807) is 6.07 Å². The molecule has 1 aromatic heterocycles. The van der Waals surface area contributed by atoms with Crippen LogP contribution >= 0.6 is 23.2 Å². The van der Waals surface area contributed by atoms with Gasteiger partial charge in [0.25, 0.3) is 11.6 Å². The predicted molar refractivity (Wildman–Crippen MR) is 98.2 cm³/mol. The second kappa shape index (κ2) is 7.61. The third kappa shape index (κ3) is 3.82. The molecule has 2 unspecified atom stereocenters. The van der Waals surface area contributed by atoms with Gasteiger partial charge in [0.2, 0.25) is 0 Å². The largest absolute Gasteiger partial charge is 0.346 e. The maximum atomic E-state index is 12.4. The van der Waals surface area contributed by atoms with E-state index in [0.717, 1.165) is 19.4 Å². The number of amides is 1. The first kappa shape index (κ1) is 18.6. The number of nitrogens with one attached hydrogen (secondary N) is 2. The first-order chi connectivity index (χ1) is 12.4. The summed E-state index contributed by atoms with van der Waals surface area (Å²) in [4.78, 5) is 22.7. The summed E-state index contributed by atoms with van der Waals surface area (Å²) in [5.41, 5.74) is 0.284. The van der Waals surface area contributed by atoms with Crippen LogP contribution in [0.3, 0.4) is 0 Å². The molecule has 0 aliphatic carbocycles. The first-order valence-electron chi connectivity index (χ1n) is 8.10. The molecular formula is C16H17Cl2N5O3. The summed E-state index contributed by atoms with van der Waals surface area (Å²) < 4.78 is 1.34. The maximum absolute atomic E-state index is 12.4. The highest BCUT2D eigenvalue weighted by molar-refractivity contribution is 6.38. The fraction of sp³-hybridized carbons (Fsp3) is 0.375. The van der Waals surface area contributed by atoms with E-state index >= 15 is 0 Å². The molecule has 1 aromatic carbocycles. The molecule has 1 amide bonds. The van der Waals surface area contributed by atoms with Gasteiger partial charge in [-0.3, -0.25) is 14.9 Å². The summed E-state index contributed by atoms with van der Waals surface area (Å²) in [5.74, 6) is -0.293. The highest BCUT2D eigenvalue weighted by Crippen LogP contribution is 2.32. The molecule has 2 N–H and O–H groups in total. The van der Waals surface area contributed by atoms with E-state index in [2.05, 4.69) is 15.7 Å². The van der Waals surface area contributed by atoms with E-state index in [0.29, 0.717) is 0 Å². The molecule has 2 heterocycles. The van der Waals surface area contributed by atoms with Crippen molar-refractivity contribution in [3.05, 3.63) is 50.2 Å². The molecule has 0 radical (unpaired) electrons. The summed E-state index contributed by atoms with van der Waals surface area (Å²) in [6, 6.07) is 4.16. The van der Waals surface area contributed by atoms with Gasteiger partial charge < -0.3 is 10.6 Å². The van der Waals surface area contributed by atoms with Gasteiger partial charge >= 0.3 is 0 Å². The quantitative estimate of drug-likeness (QED) is 0.609. The van der Waals surface area contributed by atoms with Crippen molar-refractivity contribution in [2.75, 3.05) is 6.54 Å². The Hall–Kier alpha value is -2.16. The minimum absolute atomic E-state index is 0.0351. The molecule has 1 aliphatic heterocycles. The topological polar surface area (TPSA) is 102 Å². The number of rotatable bonds is 4. The molecule has 26 heavy (non-hydrogen) atoms. The van der Waals surface area contributed by atoms with Gasteiger partial charge in [0, 0.05) is 30.4 Å². The number of nitrogens with zero attached hydrogens (tertiary/aromatic N) is 3.